The van der Waals surface area contributed by atoms with Gasteiger partial charge in [-0.2, -0.15) is 5.26 Å². The molecular formula is C15H28N2O2. The summed E-state index contributed by atoms with van der Waals surface area (Å²) in [4.78, 5) is 0. The lowest BCUT2D eigenvalue weighted by molar-refractivity contribution is -0.0167. The summed E-state index contributed by atoms with van der Waals surface area (Å²) >= 11 is 0. The molecule has 0 heterocycles. The number of nitrogens with one attached hydrogen (secondary N) is 1. The topological polar surface area (TPSA) is 54.3 Å². The van der Waals surface area contributed by atoms with Crippen molar-refractivity contribution < 1.29 is 9.47 Å². The van der Waals surface area contributed by atoms with Crippen molar-refractivity contribution in [3.63, 3.8) is 0 Å². The van der Waals surface area contributed by atoms with Crippen LogP contribution >= 0.6 is 0 Å². The van der Waals surface area contributed by atoms with E-state index in [1.54, 1.807) is 7.11 Å². The zero-order chi connectivity index (χ0) is 14.4. The predicted molar refractivity (Wildman–Crippen MR) is 75.9 cm³/mol. The van der Waals surface area contributed by atoms with Gasteiger partial charge in [0.2, 0.25) is 0 Å². The Morgan fingerprint density at radius 3 is 2.53 bits per heavy atom. The molecule has 4 nitrogen and oxygen atoms in total. The maximum atomic E-state index is 9.50. The maximum Gasteiger partial charge on any atom is 0.133 e. The SMILES string of the molecule is CCCNC(C#N)(COCCC(C)(C)OC)C1CC1. The number of methoxy groups -OCH3 is 1. The van der Waals surface area contributed by atoms with Gasteiger partial charge >= 0.3 is 0 Å². The van der Waals surface area contributed by atoms with Crippen LogP contribution in [0.5, 0.6) is 0 Å². The van der Waals surface area contributed by atoms with E-state index in [1.807, 2.05) is 13.8 Å². The number of nitrogens with zero attached hydrogens (tertiary/aromatic N) is 1. The number of hydrogen-bond donors (Lipinski definition) is 1. The first-order valence-electron chi connectivity index (χ1n) is 7.29. The lowest BCUT2D eigenvalue weighted by Gasteiger charge is -2.29. The van der Waals surface area contributed by atoms with Crippen molar-refractivity contribution >= 4 is 0 Å². The van der Waals surface area contributed by atoms with E-state index < -0.39 is 5.54 Å². The average molecular weight is 268 g/mol. The first kappa shape index (κ1) is 16.4. The highest BCUT2D eigenvalue weighted by Crippen LogP contribution is 2.39. The summed E-state index contributed by atoms with van der Waals surface area (Å²) in [7, 11) is 1.71. The number of ether oxygens (including phenoxy) is 2. The molecule has 0 spiro atoms. The molecule has 1 atom stereocenters. The van der Waals surface area contributed by atoms with Crippen LogP contribution in [0.25, 0.3) is 0 Å². The second-order valence-electron chi connectivity index (χ2n) is 6.05. The summed E-state index contributed by atoms with van der Waals surface area (Å²) in [6.07, 6.45) is 4.14. The van der Waals surface area contributed by atoms with Crippen LogP contribution in [0.15, 0.2) is 0 Å². The van der Waals surface area contributed by atoms with Crippen molar-refractivity contribution in [2.45, 2.75) is 57.6 Å². The second-order valence-corrected chi connectivity index (χ2v) is 6.05. The Hall–Kier alpha value is -0.630. The Bertz CT molecular complexity index is 308. The third-order valence-electron chi connectivity index (χ3n) is 3.90. The van der Waals surface area contributed by atoms with Crippen LogP contribution in [0, 0.1) is 17.2 Å². The van der Waals surface area contributed by atoms with Crippen LogP contribution in [-0.4, -0.2) is 38.0 Å². The summed E-state index contributed by atoms with van der Waals surface area (Å²) in [5, 5.41) is 12.9. The fourth-order valence-electron chi connectivity index (χ4n) is 2.05. The van der Waals surface area contributed by atoms with Gasteiger partial charge in [0.05, 0.1) is 18.3 Å². The van der Waals surface area contributed by atoms with Gasteiger partial charge in [0.25, 0.3) is 0 Å². The minimum Gasteiger partial charge on any atom is -0.379 e. The number of rotatable bonds is 10. The molecule has 0 aromatic carbocycles. The van der Waals surface area contributed by atoms with E-state index in [9.17, 15) is 5.26 Å². The Balaban J connectivity index is 2.39. The van der Waals surface area contributed by atoms with Gasteiger partial charge in [-0.25, -0.2) is 0 Å². The summed E-state index contributed by atoms with van der Waals surface area (Å²) in [6, 6.07) is 2.46. The summed E-state index contributed by atoms with van der Waals surface area (Å²) in [5.41, 5.74) is -0.640. The fraction of sp³-hybridized carbons (Fsp3) is 0.933. The van der Waals surface area contributed by atoms with Gasteiger partial charge in [-0.05, 0) is 52.0 Å². The predicted octanol–water partition coefficient (Wildman–Crippen LogP) is 2.49. The standard InChI is InChI=1S/C15H28N2O2/c1-5-9-17-15(11-16,13-6-7-13)12-19-10-8-14(2,3)18-4/h13,17H,5-10,12H2,1-4H3. The second kappa shape index (κ2) is 7.23. The van der Waals surface area contributed by atoms with Crippen LogP contribution in [0.4, 0.5) is 0 Å². The van der Waals surface area contributed by atoms with Crippen LogP contribution < -0.4 is 5.32 Å². The highest BCUT2D eigenvalue weighted by atomic mass is 16.5. The third kappa shape index (κ3) is 5.10. The molecule has 110 valence electrons. The molecule has 0 aromatic heterocycles. The molecule has 0 bridgehead atoms. The summed E-state index contributed by atoms with van der Waals surface area (Å²) in [6.45, 7) is 8.19. The molecule has 0 aromatic rings. The van der Waals surface area contributed by atoms with E-state index >= 15 is 0 Å². The smallest absolute Gasteiger partial charge is 0.133 e. The van der Waals surface area contributed by atoms with Crippen LogP contribution in [-0.2, 0) is 9.47 Å². The van der Waals surface area contributed by atoms with Gasteiger partial charge < -0.3 is 9.47 Å². The fourth-order valence-corrected chi connectivity index (χ4v) is 2.05. The van der Waals surface area contributed by atoms with E-state index in [0.717, 1.165) is 32.2 Å². The third-order valence-corrected chi connectivity index (χ3v) is 3.90. The Morgan fingerprint density at radius 2 is 2.05 bits per heavy atom. The van der Waals surface area contributed by atoms with E-state index in [1.165, 1.54) is 0 Å². The van der Waals surface area contributed by atoms with Crippen LogP contribution in [0.1, 0.15) is 46.5 Å². The monoisotopic (exact) mass is 268 g/mol. The minimum absolute atomic E-state index is 0.161. The first-order chi connectivity index (χ1) is 8.99. The molecule has 1 saturated carbocycles. The Morgan fingerprint density at radius 1 is 1.37 bits per heavy atom. The molecule has 1 unspecified atom stereocenters. The van der Waals surface area contributed by atoms with Crippen molar-refractivity contribution in [3.8, 4) is 6.07 Å². The summed E-state index contributed by atoms with van der Waals surface area (Å²) < 4.78 is 11.1. The van der Waals surface area contributed by atoms with E-state index in [2.05, 4.69) is 18.3 Å². The maximum absolute atomic E-state index is 9.50. The average Bonchev–Trinajstić information content (AvgIpc) is 3.23. The highest BCUT2D eigenvalue weighted by Gasteiger charge is 2.45. The van der Waals surface area contributed by atoms with E-state index in [0.29, 0.717) is 19.1 Å². The lowest BCUT2D eigenvalue weighted by atomic mass is 9.96. The zero-order valence-corrected chi connectivity index (χ0v) is 12.8. The molecule has 1 aliphatic rings. The lowest BCUT2D eigenvalue weighted by Crippen LogP contribution is -2.50. The van der Waals surface area contributed by atoms with Crippen molar-refractivity contribution in [1.82, 2.24) is 5.32 Å². The molecule has 0 saturated heterocycles. The molecule has 1 fully saturated rings. The zero-order valence-electron chi connectivity index (χ0n) is 12.8. The molecule has 4 heteroatoms. The van der Waals surface area contributed by atoms with Crippen molar-refractivity contribution in [3.05, 3.63) is 0 Å². The van der Waals surface area contributed by atoms with Gasteiger partial charge in [0.1, 0.15) is 5.54 Å². The normalized spacial score (nSPS) is 18.9. The molecule has 1 aliphatic carbocycles. The minimum atomic E-state index is -0.479. The molecule has 1 rings (SSSR count). The van der Waals surface area contributed by atoms with E-state index in [-0.39, 0.29) is 5.60 Å². The van der Waals surface area contributed by atoms with Crippen LogP contribution in [0.3, 0.4) is 0 Å². The number of nitriles is 1. The van der Waals surface area contributed by atoms with Crippen LogP contribution in [0.2, 0.25) is 0 Å². The summed E-state index contributed by atoms with van der Waals surface area (Å²) in [5.74, 6) is 0.458. The molecule has 19 heavy (non-hydrogen) atoms. The van der Waals surface area contributed by atoms with E-state index in [4.69, 9.17) is 9.47 Å². The van der Waals surface area contributed by atoms with Gasteiger partial charge in [-0.15, -0.1) is 0 Å². The molecule has 0 aliphatic heterocycles. The quantitative estimate of drug-likeness (QED) is 0.618. The molecule has 0 radical (unpaired) electrons. The molecule has 0 amide bonds. The molecule has 1 N–H and O–H groups in total. The van der Waals surface area contributed by atoms with Gasteiger partial charge in [-0.1, -0.05) is 6.92 Å². The molecular weight excluding hydrogens is 240 g/mol. The van der Waals surface area contributed by atoms with Gasteiger partial charge in [-0.3, -0.25) is 5.32 Å². The Labute approximate surface area is 117 Å². The largest absolute Gasteiger partial charge is 0.379 e. The van der Waals surface area contributed by atoms with Crippen molar-refractivity contribution in [1.29, 1.82) is 5.26 Å². The first-order valence-corrected chi connectivity index (χ1v) is 7.29. The van der Waals surface area contributed by atoms with Crippen molar-refractivity contribution in [2.75, 3.05) is 26.9 Å². The van der Waals surface area contributed by atoms with Gasteiger partial charge in [0.15, 0.2) is 0 Å². The van der Waals surface area contributed by atoms with Gasteiger partial charge in [0, 0.05) is 13.7 Å². The van der Waals surface area contributed by atoms with Crippen molar-refractivity contribution in [2.24, 2.45) is 5.92 Å². The highest BCUT2D eigenvalue weighted by molar-refractivity contribution is 5.15. The Kier molecular flexibility index (Phi) is 6.25. The number of hydrogen-bond acceptors (Lipinski definition) is 4.